The van der Waals surface area contributed by atoms with Gasteiger partial charge in [0.2, 0.25) is 12.5 Å². The second kappa shape index (κ2) is 5.40. The maximum atomic E-state index is 12.3. The molecule has 6 nitrogen and oxygen atoms in total. The van der Waals surface area contributed by atoms with Crippen LogP contribution in [-0.4, -0.2) is 30.8 Å². The number of aliphatic carboxylic acids is 1. The number of hydrogen-bond donors (Lipinski definition) is 1. The normalized spacial score (nSPS) is 15.6. The molecule has 1 heterocycles. The van der Waals surface area contributed by atoms with E-state index in [1.54, 1.807) is 19.1 Å². The summed E-state index contributed by atoms with van der Waals surface area (Å²) in [4.78, 5) is 23.3. The Kier molecular flexibility index (Phi) is 3.83. The highest BCUT2D eigenvalue weighted by Crippen LogP contribution is 2.42. The van der Waals surface area contributed by atoms with Crippen molar-refractivity contribution in [2.75, 3.05) is 13.9 Å². The minimum Gasteiger partial charge on any atom is -0.493 e. The van der Waals surface area contributed by atoms with Crippen molar-refractivity contribution in [1.29, 1.82) is 0 Å². The Hall–Kier alpha value is -2.24. The molecule has 20 heavy (non-hydrogen) atoms. The first-order valence-electron chi connectivity index (χ1n) is 6.20. The van der Waals surface area contributed by atoms with Gasteiger partial charge in [0.1, 0.15) is 0 Å². The molecule has 1 N–H and O–H groups in total. The molecule has 108 valence electrons. The summed E-state index contributed by atoms with van der Waals surface area (Å²) in [7, 11) is 1.47. The van der Waals surface area contributed by atoms with Gasteiger partial charge < -0.3 is 19.3 Å². The quantitative estimate of drug-likeness (QED) is 0.830. The zero-order valence-electron chi connectivity index (χ0n) is 11.5. The molecule has 0 bridgehead atoms. The van der Waals surface area contributed by atoms with E-state index in [1.165, 1.54) is 14.0 Å². The van der Waals surface area contributed by atoms with E-state index in [0.717, 1.165) is 0 Å². The molecule has 1 aromatic carbocycles. The maximum Gasteiger partial charge on any atom is 0.306 e. The number of carboxylic acids is 1. The van der Waals surface area contributed by atoms with Crippen molar-refractivity contribution in [2.24, 2.45) is 11.8 Å². The van der Waals surface area contributed by atoms with Gasteiger partial charge in [-0.05, 0) is 12.1 Å². The van der Waals surface area contributed by atoms with Crippen LogP contribution in [-0.2, 0) is 4.79 Å². The number of carbonyl (C=O) groups excluding carboxylic acids is 1. The molecular weight excluding hydrogens is 264 g/mol. The number of ketones is 1. The number of Topliss-reactive ketones (excluding diaryl/α,β-unsaturated/α-hetero) is 1. The third kappa shape index (κ3) is 2.41. The first kappa shape index (κ1) is 14.2. The van der Waals surface area contributed by atoms with Gasteiger partial charge >= 0.3 is 5.97 Å². The highest BCUT2D eigenvalue weighted by atomic mass is 16.7. The Labute approximate surface area is 116 Å². The fraction of sp³-hybridized carbons (Fsp3) is 0.429. The number of ether oxygens (including phenoxy) is 3. The van der Waals surface area contributed by atoms with E-state index >= 15 is 0 Å². The highest BCUT2D eigenvalue weighted by Gasteiger charge is 2.29. The van der Waals surface area contributed by atoms with E-state index in [0.29, 0.717) is 22.8 Å². The van der Waals surface area contributed by atoms with Crippen molar-refractivity contribution in [3.05, 3.63) is 17.7 Å². The van der Waals surface area contributed by atoms with Crippen LogP contribution in [0, 0.1) is 11.8 Å². The van der Waals surface area contributed by atoms with Crippen molar-refractivity contribution in [3.63, 3.8) is 0 Å². The molecule has 1 aromatic rings. The Morgan fingerprint density at radius 3 is 2.55 bits per heavy atom. The van der Waals surface area contributed by atoms with Crippen molar-refractivity contribution >= 4 is 11.8 Å². The van der Waals surface area contributed by atoms with E-state index in [2.05, 4.69) is 0 Å². The van der Waals surface area contributed by atoms with Crippen LogP contribution < -0.4 is 14.2 Å². The van der Waals surface area contributed by atoms with Crippen molar-refractivity contribution in [2.45, 2.75) is 13.8 Å². The van der Waals surface area contributed by atoms with Crippen molar-refractivity contribution in [1.82, 2.24) is 0 Å². The number of carboxylic acid groups (broad SMARTS) is 1. The van der Waals surface area contributed by atoms with Crippen LogP contribution in [0.15, 0.2) is 12.1 Å². The van der Waals surface area contributed by atoms with Gasteiger partial charge in [-0.1, -0.05) is 13.8 Å². The molecule has 0 radical (unpaired) electrons. The molecule has 1 aliphatic heterocycles. The van der Waals surface area contributed by atoms with Crippen molar-refractivity contribution < 1.29 is 28.9 Å². The Morgan fingerprint density at radius 2 is 1.95 bits per heavy atom. The lowest BCUT2D eigenvalue weighted by Gasteiger charge is -2.15. The van der Waals surface area contributed by atoms with Crippen LogP contribution in [0.25, 0.3) is 0 Å². The summed E-state index contributed by atoms with van der Waals surface area (Å²) in [6.07, 6.45) is 0. The molecule has 0 saturated heterocycles. The second-order valence-corrected chi connectivity index (χ2v) is 4.69. The zero-order chi connectivity index (χ0) is 14.9. The summed E-state index contributed by atoms with van der Waals surface area (Å²) in [6, 6.07) is 3.10. The zero-order valence-corrected chi connectivity index (χ0v) is 11.5. The average molecular weight is 280 g/mol. The molecule has 2 rings (SSSR count). The highest BCUT2D eigenvalue weighted by molar-refractivity contribution is 6.00. The summed E-state index contributed by atoms with van der Waals surface area (Å²) in [5.74, 6) is -1.38. The lowest BCUT2D eigenvalue weighted by molar-refractivity contribution is -0.142. The summed E-state index contributed by atoms with van der Waals surface area (Å²) in [5, 5.41) is 8.98. The van der Waals surface area contributed by atoms with Crippen LogP contribution in [0.1, 0.15) is 24.2 Å². The molecule has 0 aromatic heterocycles. The summed E-state index contributed by atoms with van der Waals surface area (Å²) in [6.45, 7) is 3.18. The first-order chi connectivity index (χ1) is 9.45. The minimum atomic E-state index is -1.00. The number of benzene rings is 1. The van der Waals surface area contributed by atoms with Crippen LogP contribution in [0.5, 0.6) is 17.2 Å². The number of fused-ring (bicyclic) bond motifs is 1. The SMILES string of the molecule is COc1cc(C(=O)[C@@H](C)[C@@H](C)C(=O)O)cc2c1OCO2. The molecule has 0 saturated carbocycles. The molecule has 0 aliphatic carbocycles. The number of rotatable bonds is 5. The topological polar surface area (TPSA) is 82.1 Å². The van der Waals surface area contributed by atoms with Crippen LogP contribution >= 0.6 is 0 Å². The van der Waals surface area contributed by atoms with Crippen LogP contribution in [0.2, 0.25) is 0 Å². The number of hydrogen-bond acceptors (Lipinski definition) is 5. The van der Waals surface area contributed by atoms with Gasteiger partial charge in [0, 0.05) is 11.5 Å². The van der Waals surface area contributed by atoms with Gasteiger partial charge in [-0.25, -0.2) is 0 Å². The lowest BCUT2D eigenvalue weighted by Crippen LogP contribution is -2.25. The number of methoxy groups -OCH3 is 1. The molecule has 0 fully saturated rings. The predicted molar refractivity (Wildman–Crippen MR) is 69.4 cm³/mol. The smallest absolute Gasteiger partial charge is 0.306 e. The van der Waals surface area contributed by atoms with Crippen LogP contribution in [0.3, 0.4) is 0 Å². The van der Waals surface area contributed by atoms with Gasteiger partial charge in [0.05, 0.1) is 13.0 Å². The maximum absolute atomic E-state index is 12.3. The number of carbonyl (C=O) groups is 2. The molecular formula is C14H16O6. The van der Waals surface area contributed by atoms with Gasteiger partial charge in [-0.2, -0.15) is 0 Å². The summed E-state index contributed by atoms with van der Waals surface area (Å²) < 4.78 is 15.7. The molecule has 2 atom stereocenters. The van der Waals surface area contributed by atoms with E-state index in [1.807, 2.05) is 0 Å². The monoisotopic (exact) mass is 280 g/mol. The fourth-order valence-corrected chi connectivity index (χ4v) is 1.98. The van der Waals surface area contributed by atoms with E-state index in [9.17, 15) is 9.59 Å². The molecule has 6 heteroatoms. The summed E-state index contributed by atoms with van der Waals surface area (Å²) in [5.41, 5.74) is 0.353. The molecule has 0 amide bonds. The minimum absolute atomic E-state index is 0.0738. The van der Waals surface area contributed by atoms with Crippen LogP contribution in [0.4, 0.5) is 0 Å². The van der Waals surface area contributed by atoms with Gasteiger partial charge in [0.15, 0.2) is 17.3 Å². The van der Waals surface area contributed by atoms with Crippen molar-refractivity contribution in [3.8, 4) is 17.2 Å². The molecule has 1 aliphatic rings. The Morgan fingerprint density at radius 1 is 1.25 bits per heavy atom. The predicted octanol–water partition coefficient (Wildman–Crippen LogP) is 1.96. The molecule has 0 spiro atoms. The van der Waals surface area contributed by atoms with Gasteiger partial charge in [0.25, 0.3) is 0 Å². The Balaban J connectivity index is 2.33. The third-order valence-electron chi connectivity index (χ3n) is 3.50. The summed E-state index contributed by atoms with van der Waals surface area (Å²) >= 11 is 0. The lowest BCUT2D eigenvalue weighted by atomic mass is 9.88. The fourth-order valence-electron chi connectivity index (χ4n) is 1.98. The second-order valence-electron chi connectivity index (χ2n) is 4.69. The van der Waals surface area contributed by atoms with Gasteiger partial charge in [-0.15, -0.1) is 0 Å². The largest absolute Gasteiger partial charge is 0.493 e. The first-order valence-corrected chi connectivity index (χ1v) is 6.20. The van der Waals surface area contributed by atoms with Gasteiger partial charge in [-0.3, -0.25) is 9.59 Å². The average Bonchev–Trinajstić information content (AvgIpc) is 2.91. The van der Waals surface area contributed by atoms with E-state index in [-0.39, 0.29) is 12.6 Å². The Bertz CT molecular complexity index is 551. The van der Waals surface area contributed by atoms with E-state index < -0.39 is 17.8 Å². The van der Waals surface area contributed by atoms with E-state index in [4.69, 9.17) is 19.3 Å². The third-order valence-corrected chi connectivity index (χ3v) is 3.50. The molecule has 0 unspecified atom stereocenters. The standard InChI is InChI=1S/C14H16O6/c1-7(8(2)14(16)17)12(15)9-4-10(18-3)13-11(5-9)19-6-20-13/h4-5,7-8H,6H2,1-3H3,(H,16,17)/t7-,8+/m0/s1.